The zero-order chi connectivity index (χ0) is 15.8. The van der Waals surface area contributed by atoms with Crippen LogP contribution in [0.4, 0.5) is 0 Å². The minimum atomic E-state index is -3.56. The predicted octanol–water partition coefficient (Wildman–Crippen LogP) is 1.93. The Hall–Kier alpha value is -1.11. The molecule has 1 aliphatic heterocycles. The maximum atomic E-state index is 12.6. The normalized spacial score (nSPS) is 23.7. The van der Waals surface area contributed by atoms with Gasteiger partial charge in [0.1, 0.15) is 5.75 Å². The van der Waals surface area contributed by atoms with Crippen LogP contribution in [0.3, 0.4) is 0 Å². The fraction of sp³-hybridized carbons (Fsp3) is 0.600. The summed E-state index contributed by atoms with van der Waals surface area (Å²) in [6.45, 7) is 7.83. The summed E-state index contributed by atoms with van der Waals surface area (Å²) in [4.78, 5) is 0.244. The van der Waals surface area contributed by atoms with Crippen LogP contribution in [0.5, 0.6) is 5.75 Å². The summed E-state index contributed by atoms with van der Waals surface area (Å²) in [5.74, 6) is 0.692. The lowest BCUT2D eigenvalue weighted by Gasteiger charge is -2.20. The Morgan fingerprint density at radius 2 is 2.05 bits per heavy atom. The first-order chi connectivity index (χ1) is 9.62. The number of hydrogen-bond acceptors (Lipinski definition) is 4. The van der Waals surface area contributed by atoms with Crippen molar-refractivity contribution in [3.8, 4) is 5.75 Å². The molecule has 0 saturated carbocycles. The molecule has 1 aliphatic rings. The van der Waals surface area contributed by atoms with Gasteiger partial charge in [0.15, 0.2) is 0 Å². The number of sulfonamides is 1. The van der Waals surface area contributed by atoms with E-state index in [4.69, 9.17) is 4.74 Å². The molecule has 21 heavy (non-hydrogen) atoms. The Balaban J connectivity index is 2.27. The van der Waals surface area contributed by atoms with E-state index in [0.29, 0.717) is 18.7 Å². The van der Waals surface area contributed by atoms with E-state index in [2.05, 4.69) is 0 Å². The minimum Gasteiger partial charge on any atom is -0.491 e. The van der Waals surface area contributed by atoms with Gasteiger partial charge in [-0.25, -0.2) is 8.42 Å². The summed E-state index contributed by atoms with van der Waals surface area (Å²) in [7, 11) is -3.56. The van der Waals surface area contributed by atoms with Gasteiger partial charge in [-0.05, 0) is 57.9 Å². The summed E-state index contributed by atoms with van der Waals surface area (Å²) in [5, 5.41) is 9.95. The van der Waals surface area contributed by atoms with Crippen LogP contribution >= 0.6 is 0 Å². The van der Waals surface area contributed by atoms with Gasteiger partial charge < -0.3 is 9.84 Å². The molecule has 1 saturated heterocycles. The van der Waals surface area contributed by atoms with Crippen molar-refractivity contribution in [2.45, 2.75) is 50.7 Å². The minimum absolute atomic E-state index is 0.0415. The molecular weight excluding hydrogens is 290 g/mol. The molecule has 0 spiro atoms. The van der Waals surface area contributed by atoms with Crippen LogP contribution < -0.4 is 4.74 Å². The van der Waals surface area contributed by atoms with Crippen molar-refractivity contribution in [3.63, 3.8) is 0 Å². The molecule has 0 radical (unpaired) electrons. The van der Waals surface area contributed by atoms with Crippen molar-refractivity contribution in [3.05, 3.63) is 23.8 Å². The van der Waals surface area contributed by atoms with Gasteiger partial charge in [0, 0.05) is 13.1 Å². The Bertz CT molecular complexity index is 623. The zero-order valence-electron chi connectivity index (χ0n) is 13.0. The van der Waals surface area contributed by atoms with Crippen LogP contribution in [0.2, 0.25) is 0 Å². The molecule has 0 aromatic heterocycles. The Morgan fingerprint density at radius 3 is 2.52 bits per heavy atom. The third kappa shape index (κ3) is 3.56. The van der Waals surface area contributed by atoms with Crippen LogP contribution in [0.1, 0.15) is 32.8 Å². The first kappa shape index (κ1) is 16.3. The number of aliphatic hydroxyl groups is 1. The van der Waals surface area contributed by atoms with Crippen LogP contribution in [0, 0.1) is 6.92 Å². The monoisotopic (exact) mass is 313 g/mol. The van der Waals surface area contributed by atoms with E-state index >= 15 is 0 Å². The molecule has 0 amide bonds. The van der Waals surface area contributed by atoms with Crippen molar-refractivity contribution < 1.29 is 18.3 Å². The summed E-state index contributed by atoms with van der Waals surface area (Å²) >= 11 is 0. The van der Waals surface area contributed by atoms with Gasteiger partial charge in [-0.3, -0.25) is 0 Å². The van der Waals surface area contributed by atoms with Gasteiger partial charge in [-0.15, -0.1) is 0 Å². The maximum Gasteiger partial charge on any atom is 0.243 e. The van der Waals surface area contributed by atoms with Crippen LogP contribution in [-0.2, 0) is 10.0 Å². The highest BCUT2D eigenvalue weighted by atomic mass is 32.2. The molecule has 0 bridgehead atoms. The highest BCUT2D eigenvalue weighted by Gasteiger charge is 2.38. The molecule has 1 atom stereocenters. The van der Waals surface area contributed by atoms with E-state index in [-0.39, 0.29) is 17.5 Å². The Labute approximate surface area is 126 Å². The molecule has 1 aromatic carbocycles. The SMILES string of the molecule is Cc1cc(S(=O)(=O)N2CCC(C)(O)C2)ccc1OC(C)C. The van der Waals surface area contributed by atoms with Crippen molar-refractivity contribution in [2.24, 2.45) is 0 Å². The lowest BCUT2D eigenvalue weighted by molar-refractivity contribution is 0.0762. The second kappa shape index (κ2) is 5.59. The van der Waals surface area contributed by atoms with E-state index in [1.165, 1.54) is 4.31 Å². The van der Waals surface area contributed by atoms with Crippen molar-refractivity contribution in [1.82, 2.24) is 4.31 Å². The number of rotatable bonds is 4. The van der Waals surface area contributed by atoms with Crippen LogP contribution in [0.25, 0.3) is 0 Å². The number of ether oxygens (including phenoxy) is 1. The molecular formula is C15H23NO4S. The molecule has 6 heteroatoms. The third-order valence-electron chi connectivity index (χ3n) is 3.56. The van der Waals surface area contributed by atoms with Crippen molar-refractivity contribution in [2.75, 3.05) is 13.1 Å². The average molecular weight is 313 g/mol. The van der Waals surface area contributed by atoms with Gasteiger partial charge in [0.25, 0.3) is 0 Å². The second-order valence-electron chi connectivity index (χ2n) is 6.18. The molecule has 1 heterocycles. The summed E-state index contributed by atoms with van der Waals surface area (Å²) < 4.78 is 32.1. The van der Waals surface area contributed by atoms with Gasteiger partial charge in [0.2, 0.25) is 10.0 Å². The first-order valence-corrected chi connectivity index (χ1v) is 8.56. The summed E-state index contributed by atoms with van der Waals surface area (Å²) in [6.07, 6.45) is 0.500. The van der Waals surface area contributed by atoms with E-state index in [0.717, 1.165) is 5.56 Å². The number of β-amino-alcohol motifs (C(OH)–C–C–N with tert-alkyl or cyclic N) is 1. The summed E-state index contributed by atoms with van der Waals surface area (Å²) in [6, 6.07) is 4.88. The van der Waals surface area contributed by atoms with Crippen molar-refractivity contribution in [1.29, 1.82) is 0 Å². The van der Waals surface area contributed by atoms with E-state index < -0.39 is 15.6 Å². The quantitative estimate of drug-likeness (QED) is 0.922. The number of aryl methyl sites for hydroxylation is 1. The molecule has 1 aromatic rings. The second-order valence-corrected chi connectivity index (χ2v) is 8.12. The van der Waals surface area contributed by atoms with Crippen LogP contribution in [-0.4, -0.2) is 42.6 Å². The lowest BCUT2D eigenvalue weighted by Crippen LogP contribution is -2.33. The highest BCUT2D eigenvalue weighted by Crippen LogP contribution is 2.29. The maximum absolute atomic E-state index is 12.6. The number of hydrogen-bond donors (Lipinski definition) is 1. The fourth-order valence-electron chi connectivity index (χ4n) is 2.43. The van der Waals surface area contributed by atoms with Gasteiger partial charge in [-0.2, -0.15) is 4.31 Å². The predicted molar refractivity (Wildman–Crippen MR) is 80.9 cm³/mol. The number of benzene rings is 1. The molecule has 1 fully saturated rings. The smallest absolute Gasteiger partial charge is 0.243 e. The molecule has 2 rings (SSSR count). The standard InChI is InChI=1S/C15H23NO4S/c1-11(2)20-14-6-5-13(9-12(14)3)21(18,19)16-8-7-15(4,17)10-16/h5-6,9,11,17H,7-8,10H2,1-4H3. The third-order valence-corrected chi connectivity index (χ3v) is 5.40. The number of nitrogens with zero attached hydrogens (tertiary/aromatic N) is 1. The van der Waals surface area contributed by atoms with Crippen LogP contribution in [0.15, 0.2) is 23.1 Å². The van der Waals surface area contributed by atoms with Gasteiger partial charge in [-0.1, -0.05) is 0 Å². The first-order valence-electron chi connectivity index (χ1n) is 7.12. The molecule has 0 aliphatic carbocycles. The largest absolute Gasteiger partial charge is 0.491 e. The summed E-state index contributed by atoms with van der Waals surface area (Å²) in [5.41, 5.74) is -0.154. The van der Waals surface area contributed by atoms with E-state index in [1.54, 1.807) is 25.1 Å². The van der Waals surface area contributed by atoms with Gasteiger partial charge in [0.05, 0.1) is 16.6 Å². The average Bonchev–Trinajstić information content (AvgIpc) is 2.72. The lowest BCUT2D eigenvalue weighted by atomic mass is 10.1. The molecule has 118 valence electrons. The zero-order valence-corrected chi connectivity index (χ0v) is 13.8. The molecule has 1 unspecified atom stereocenters. The van der Waals surface area contributed by atoms with Gasteiger partial charge >= 0.3 is 0 Å². The van der Waals surface area contributed by atoms with E-state index in [1.807, 2.05) is 20.8 Å². The highest BCUT2D eigenvalue weighted by molar-refractivity contribution is 7.89. The van der Waals surface area contributed by atoms with E-state index in [9.17, 15) is 13.5 Å². The topological polar surface area (TPSA) is 66.8 Å². The van der Waals surface area contributed by atoms with Crippen molar-refractivity contribution >= 4 is 10.0 Å². The fourth-order valence-corrected chi connectivity index (χ4v) is 4.07. The molecule has 1 N–H and O–H groups in total. The Morgan fingerprint density at radius 1 is 1.38 bits per heavy atom. The Kier molecular flexibility index (Phi) is 4.33. The molecule has 5 nitrogen and oxygen atoms in total.